The molecule has 112 valence electrons. The number of piperidine rings is 1. The lowest BCUT2D eigenvalue weighted by Crippen LogP contribution is -2.55. The Labute approximate surface area is 118 Å². The van der Waals surface area contributed by atoms with Gasteiger partial charge in [0.25, 0.3) is 0 Å². The molecule has 0 radical (unpaired) electrons. The fraction of sp³-hybridized carbons (Fsp3) is 1.00. The van der Waals surface area contributed by atoms with Crippen LogP contribution in [0.1, 0.15) is 26.7 Å². The van der Waals surface area contributed by atoms with E-state index in [4.69, 9.17) is 0 Å². The van der Waals surface area contributed by atoms with Crippen LogP contribution in [-0.4, -0.2) is 74.7 Å². The standard InChI is InChI=1S/C15H32N4/c1-13(2)15(19-10-8-18(3)9-11-19)12-17-14-4-6-16-7-5-14/h13-17H,4-12H2,1-3H3. The molecule has 0 aliphatic carbocycles. The predicted octanol–water partition coefficient (Wildman–Crippen LogP) is 0.600. The van der Waals surface area contributed by atoms with Crippen LogP contribution in [0.15, 0.2) is 0 Å². The van der Waals surface area contributed by atoms with Gasteiger partial charge in [-0.15, -0.1) is 0 Å². The molecular formula is C15H32N4. The molecule has 1 atom stereocenters. The number of nitrogens with zero attached hydrogens (tertiary/aromatic N) is 2. The summed E-state index contributed by atoms with van der Waals surface area (Å²) in [5.41, 5.74) is 0. The molecule has 0 aromatic heterocycles. The lowest BCUT2D eigenvalue weighted by atomic mass is 10.00. The van der Waals surface area contributed by atoms with Crippen molar-refractivity contribution in [1.82, 2.24) is 20.4 Å². The molecule has 19 heavy (non-hydrogen) atoms. The largest absolute Gasteiger partial charge is 0.317 e. The SMILES string of the molecule is CC(C)C(CNC1CCNCC1)N1CCN(C)CC1. The molecule has 2 heterocycles. The molecule has 2 saturated heterocycles. The van der Waals surface area contributed by atoms with Crippen molar-refractivity contribution in [3.8, 4) is 0 Å². The normalized spacial score (nSPS) is 25.9. The number of rotatable bonds is 5. The molecule has 2 fully saturated rings. The van der Waals surface area contributed by atoms with E-state index in [2.05, 4.69) is 41.3 Å². The van der Waals surface area contributed by atoms with Gasteiger partial charge in [0.15, 0.2) is 0 Å². The lowest BCUT2D eigenvalue weighted by Gasteiger charge is -2.40. The maximum Gasteiger partial charge on any atom is 0.0244 e. The van der Waals surface area contributed by atoms with E-state index in [0.717, 1.165) is 18.5 Å². The first-order chi connectivity index (χ1) is 9.16. The molecule has 0 aromatic rings. The summed E-state index contributed by atoms with van der Waals surface area (Å²) in [5, 5.41) is 7.25. The zero-order valence-electron chi connectivity index (χ0n) is 13.0. The average Bonchev–Trinajstić information content (AvgIpc) is 2.42. The summed E-state index contributed by atoms with van der Waals surface area (Å²) in [4.78, 5) is 5.13. The van der Waals surface area contributed by atoms with Gasteiger partial charge >= 0.3 is 0 Å². The first-order valence-corrected chi connectivity index (χ1v) is 8.03. The minimum atomic E-state index is 0.698. The highest BCUT2D eigenvalue weighted by Gasteiger charge is 2.25. The predicted molar refractivity (Wildman–Crippen MR) is 81.6 cm³/mol. The minimum Gasteiger partial charge on any atom is -0.317 e. The maximum absolute atomic E-state index is 3.82. The number of hydrogen-bond donors (Lipinski definition) is 2. The van der Waals surface area contributed by atoms with Crippen molar-refractivity contribution in [3.63, 3.8) is 0 Å². The van der Waals surface area contributed by atoms with Crippen molar-refractivity contribution in [1.29, 1.82) is 0 Å². The second kappa shape index (κ2) is 7.58. The first-order valence-electron chi connectivity index (χ1n) is 8.03. The van der Waals surface area contributed by atoms with E-state index < -0.39 is 0 Å². The van der Waals surface area contributed by atoms with Gasteiger partial charge in [0, 0.05) is 44.8 Å². The zero-order valence-corrected chi connectivity index (χ0v) is 13.0. The summed E-state index contributed by atoms with van der Waals surface area (Å²) >= 11 is 0. The number of piperazine rings is 1. The summed E-state index contributed by atoms with van der Waals surface area (Å²) in [6.45, 7) is 13.1. The average molecular weight is 268 g/mol. The van der Waals surface area contributed by atoms with Crippen molar-refractivity contribution in [3.05, 3.63) is 0 Å². The van der Waals surface area contributed by atoms with Gasteiger partial charge in [-0.1, -0.05) is 13.8 Å². The van der Waals surface area contributed by atoms with Crippen LogP contribution in [0, 0.1) is 5.92 Å². The molecule has 0 amide bonds. The van der Waals surface area contributed by atoms with Crippen LogP contribution in [0.25, 0.3) is 0 Å². The Kier molecular flexibility index (Phi) is 6.07. The monoisotopic (exact) mass is 268 g/mol. The van der Waals surface area contributed by atoms with Crippen molar-refractivity contribution in [2.45, 2.75) is 38.8 Å². The second-order valence-corrected chi connectivity index (χ2v) is 6.58. The Bertz CT molecular complexity index is 243. The van der Waals surface area contributed by atoms with E-state index in [1.165, 1.54) is 52.1 Å². The summed E-state index contributed by atoms with van der Waals surface area (Å²) in [6.07, 6.45) is 2.57. The third kappa shape index (κ3) is 4.71. The van der Waals surface area contributed by atoms with Gasteiger partial charge < -0.3 is 15.5 Å². The third-order valence-corrected chi connectivity index (χ3v) is 4.73. The molecule has 0 saturated carbocycles. The maximum atomic E-state index is 3.82. The van der Waals surface area contributed by atoms with Gasteiger partial charge in [0.2, 0.25) is 0 Å². The molecule has 2 aliphatic rings. The molecule has 2 aliphatic heterocycles. The van der Waals surface area contributed by atoms with E-state index >= 15 is 0 Å². The Morgan fingerprint density at radius 2 is 1.74 bits per heavy atom. The van der Waals surface area contributed by atoms with Crippen molar-refractivity contribution < 1.29 is 0 Å². The molecule has 0 bridgehead atoms. The highest BCUT2D eigenvalue weighted by molar-refractivity contribution is 4.84. The van der Waals surface area contributed by atoms with Crippen molar-refractivity contribution >= 4 is 0 Å². The van der Waals surface area contributed by atoms with Gasteiger partial charge in [0.05, 0.1) is 0 Å². The van der Waals surface area contributed by atoms with E-state index in [1.54, 1.807) is 0 Å². The smallest absolute Gasteiger partial charge is 0.0244 e. The molecule has 2 N–H and O–H groups in total. The van der Waals surface area contributed by atoms with Crippen LogP contribution in [0.4, 0.5) is 0 Å². The molecular weight excluding hydrogens is 236 g/mol. The van der Waals surface area contributed by atoms with Crippen LogP contribution in [0.5, 0.6) is 0 Å². The van der Waals surface area contributed by atoms with E-state index in [1.807, 2.05) is 0 Å². The fourth-order valence-electron chi connectivity index (χ4n) is 3.25. The van der Waals surface area contributed by atoms with Crippen LogP contribution < -0.4 is 10.6 Å². The highest BCUT2D eigenvalue weighted by Crippen LogP contribution is 2.14. The van der Waals surface area contributed by atoms with Gasteiger partial charge in [-0.3, -0.25) is 4.90 Å². The van der Waals surface area contributed by atoms with E-state index in [-0.39, 0.29) is 0 Å². The number of hydrogen-bond acceptors (Lipinski definition) is 4. The van der Waals surface area contributed by atoms with Gasteiger partial charge in [-0.05, 0) is 38.9 Å². The molecule has 0 spiro atoms. The summed E-state index contributed by atoms with van der Waals surface area (Å²) < 4.78 is 0. The summed E-state index contributed by atoms with van der Waals surface area (Å²) in [5.74, 6) is 0.734. The Morgan fingerprint density at radius 3 is 2.32 bits per heavy atom. The molecule has 4 heteroatoms. The Hall–Kier alpha value is -0.160. The Morgan fingerprint density at radius 1 is 1.11 bits per heavy atom. The van der Waals surface area contributed by atoms with Crippen molar-refractivity contribution in [2.24, 2.45) is 5.92 Å². The zero-order chi connectivity index (χ0) is 13.7. The molecule has 1 unspecified atom stereocenters. The molecule has 4 nitrogen and oxygen atoms in total. The third-order valence-electron chi connectivity index (χ3n) is 4.73. The number of likely N-dealkylation sites (N-methyl/N-ethyl adjacent to an activating group) is 1. The lowest BCUT2D eigenvalue weighted by molar-refractivity contribution is 0.0852. The Balaban J connectivity index is 1.78. The topological polar surface area (TPSA) is 30.5 Å². The minimum absolute atomic E-state index is 0.698. The molecule has 0 aromatic carbocycles. The quantitative estimate of drug-likeness (QED) is 0.764. The van der Waals surface area contributed by atoms with Gasteiger partial charge in [0.1, 0.15) is 0 Å². The van der Waals surface area contributed by atoms with Crippen LogP contribution >= 0.6 is 0 Å². The van der Waals surface area contributed by atoms with Gasteiger partial charge in [-0.2, -0.15) is 0 Å². The summed E-state index contributed by atoms with van der Waals surface area (Å²) in [6, 6.07) is 1.43. The van der Waals surface area contributed by atoms with Crippen LogP contribution in [0.2, 0.25) is 0 Å². The summed E-state index contributed by atoms with van der Waals surface area (Å²) in [7, 11) is 2.23. The van der Waals surface area contributed by atoms with Crippen LogP contribution in [0.3, 0.4) is 0 Å². The van der Waals surface area contributed by atoms with Crippen molar-refractivity contribution in [2.75, 3.05) is 52.9 Å². The van der Waals surface area contributed by atoms with Crippen LogP contribution in [-0.2, 0) is 0 Å². The van der Waals surface area contributed by atoms with Gasteiger partial charge in [-0.25, -0.2) is 0 Å². The molecule has 2 rings (SSSR count). The second-order valence-electron chi connectivity index (χ2n) is 6.58. The van der Waals surface area contributed by atoms with E-state index in [9.17, 15) is 0 Å². The highest BCUT2D eigenvalue weighted by atomic mass is 15.3. The first kappa shape index (κ1) is 15.2. The fourth-order valence-corrected chi connectivity index (χ4v) is 3.25. The van der Waals surface area contributed by atoms with E-state index in [0.29, 0.717) is 6.04 Å². The number of nitrogens with one attached hydrogen (secondary N) is 2.